The van der Waals surface area contributed by atoms with Gasteiger partial charge in [-0.2, -0.15) is 10.2 Å². The first-order valence-electron chi connectivity index (χ1n) is 12.0. The van der Waals surface area contributed by atoms with Gasteiger partial charge in [-0.1, -0.05) is 12.1 Å². The van der Waals surface area contributed by atoms with Crippen molar-refractivity contribution >= 4 is 11.8 Å². The zero-order valence-corrected chi connectivity index (χ0v) is 21.1. The van der Waals surface area contributed by atoms with Crippen molar-refractivity contribution in [2.45, 2.75) is 32.2 Å². The van der Waals surface area contributed by atoms with Crippen LogP contribution in [0.2, 0.25) is 0 Å². The molecule has 3 aromatic rings. The zero-order chi connectivity index (χ0) is 25.1. The van der Waals surface area contributed by atoms with Gasteiger partial charge in [0, 0.05) is 52.2 Å². The highest BCUT2D eigenvalue weighted by Gasteiger charge is 2.34. The Morgan fingerprint density at radius 2 is 1.86 bits per heavy atom. The smallest absolute Gasteiger partial charge is 0.274 e. The Balaban J connectivity index is 1.51. The maximum Gasteiger partial charge on any atom is 0.274 e. The summed E-state index contributed by atoms with van der Waals surface area (Å²) in [5, 5.41) is 8.67. The van der Waals surface area contributed by atoms with Crippen molar-refractivity contribution in [3.05, 3.63) is 65.2 Å². The maximum atomic E-state index is 13.3. The fraction of sp³-hybridized carbons (Fsp3) is 0.462. The predicted octanol–water partition coefficient (Wildman–Crippen LogP) is 2.71. The molecule has 0 N–H and O–H groups in total. The molecule has 1 aliphatic rings. The van der Waals surface area contributed by atoms with Crippen molar-refractivity contribution in [3.8, 4) is 5.75 Å². The normalized spacial score (nSPS) is 15.2. The molecule has 2 amide bonds. The van der Waals surface area contributed by atoms with Gasteiger partial charge < -0.3 is 14.5 Å². The summed E-state index contributed by atoms with van der Waals surface area (Å²) in [6.07, 6.45) is 4.10. The molecule has 9 nitrogen and oxygen atoms in total. The molecule has 2 aromatic heterocycles. The van der Waals surface area contributed by atoms with E-state index in [1.165, 1.54) is 0 Å². The van der Waals surface area contributed by atoms with Gasteiger partial charge in [0.2, 0.25) is 0 Å². The number of aryl methyl sites for hydroxylation is 3. The third-order valence-electron chi connectivity index (χ3n) is 7.03. The Hall–Kier alpha value is -3.62. The lowest BCUT2D eigenvalue weighted by molar-refractivity contribution is 0.0516. The number of methoxy groups -OCH3 is 1. The summed E-state index contributed by atoms with van der Waals surface area (Å²) in [5.74, 6) is 0.912. The van der Waals surface area contributed by atoms with Gasteiger partial charge in [0.25, 0.3) is 11.8 Å². The van der Waals surface area contributed by atoms with E-state index >= 15 is 0 Å². The van der Waals surface area contributed by atoms with Gasteiger partial charge in [-0.05, 0) is 61.9 Å². The van der Waals surface area contributed by atoms with Crippen molar-refractivity contribution in [1.82, 2.24) is 29.4 Å². The number of ether oxygens (including phenoxy) is 1. The molecule has 1 atom stereocenters. The molecule has 9 heteroatoms. The van der Waals surface area contributed by atoms with E-state index < -0.39 is 0 Å². The second kappa shape index (κ2) is 10.3. The number of hydrogen-bond acceptors (Lipinski definition) is 5. The summed E-state index contributed by atoms with van der Waals surface area (Å²) in [6, 6.07) is 11.5. The van der Waals surface area contributed by atoms with E-state index in [9.17, 15) is 9.59 Å². The topological polar surface area (TPSA) is 85.5 Å². The Morgan fingerprint density at radius 1 is 1.11 bits per heavy atom. The number of piperidine rings is 1. The maximum absolute atomic E-state index is 13.3. The van der Waals surface area contributed by atoms with Crippen molar-refractivity contribution in [2.24, 2.45) is 20.0 Å². The highest BCUT2D eigenvalue weighted by atomic mass is 16.5. The molecule has 4 rings (SSSR count). The van der Waals surface area contributed by atoms with E-state index in [1.807, 2.05) is 55.1 Å². The van der Waals surface area contributed by atoms with E-state index in [0.29, 0.717) is 30.9 Å². The average molecular weight is 479 g/mol. The first-order chi connectivity index (χ1) is 16.8. The van der Waals surface area contributed by atoms with Crippen LogP contribution in [-0.4, -0.2) is 74.5 Å². The Kier molecular flexibility index (Phi) is 7.23. The van der Waals surface area contributed by atoms with E-state index in [0.717, 1.165) is 29.8 Å². The van der Waals surface area contributed by atoms with Crippen LogP contribution in [0.5, 0.6) is 5.75 Å². The first kappa shape index (κ1) is 24.5. The fourth-order valence-corrected chi connectivity index (χ4v) is 4.84. The van der Waals surface area contributed by atoms with Crippen molar-refractivity contribution in [2.75, 3.05) is 27.2 Å². The minimum atomic E-state index is -0.0963. The number of rotatable bonds is 7. The Morgan fingerprint density at radius 3 is 2.46 bits per heavy atom. The second-order valence-electron chi connectivity index (χ2n) is 9.34. The molecule has 0 aliphatic carbocycles. The Bertz CT molecular complexity index is 1170. The number of aromatic nitrogens is 4. The minimum Gasteiger partial charge on any atom is -0.497 e. The van der Waals surface area contributed by atoms with Crippen LogP contribution < -0.4 is 4.74 Å². The fourth-order valence-electron chi connectivity index (χ4n) is 4.84. The molecule has 0 bridgehead atoms. The lowest BCUT2D eigenvalue weighted by Crippen LogP contribution is -2.48. The summed E-state index contributed by atoms with van der Waals surface area (Å²) in [6.45, 7) is 3.21. The molecule has 3 heterocycles. The van der Waals surface area contributed by atoms with Crippen LogP contribution in [0.1, 0.15) is 45.1 Å². The van der Waals surface area contributed by atoms with Crippen molar-refractivity contribution in [3.63, 3.8) is 0 Å². The molecule has 1 aliphatic heterocycles. The monoisotopic (exact) mass is 478 g/mol. The van der Waals surface area contributed by atoms with Crippen LogP contribution >= 0.6 is 0 Å². The molecule has 0 unspecified atom stereocenters. The summed E-state index contributed by atoms with van der Waals surface area (Å²) < 4.78 is 8.77. The van der Waals surface area contributed by atoms with Crippen LogP contribution in [0, 0.1) is 12.8 Å². The first-order valence-corrected chi connectivity index (χ1v) is 12.0. The largest absolute Gasteiger partial charge is 0.497 e. The summed E-state index contributed by atoms with van der Waals surface area (Å²) in [4.78, 5) is 30.0. The van der Waals surface area contributed by atoms with E-state index in [1.54, 1.807) is 35.8 Å². The predicted molar refractivity (Wildman–Crippen MR) is 132 cm³/mol. The lowest BCUT2D eigenvalue weighted by atomic mass is 9.84. The van der Waals surface area contributed by atoms with Gasteiger partial charge in [0.15, 0.2) is 5.69 Å². The van der Waals surface area contributed by atoms with Crippen molar-refractivity contribution in [1.29, 1.82) is 0 Å². The summed E-state index contributed by atoms with van der Waals surface area (Å²) in [5.41, 5.74) is 2.98. The number of benzene rings is 1. The van der Waals surface area contributed by atoms with Crippen LogP contribution in [0.25, 0.3) is 0 Å². The van der Waals surface area contributed by atoms with Gasteiger partial charge in [-0.3, -0.25) is 19.0 Å². The van der Waals surface area contributed by atoms with Crippen LogP contribution in [0.15, 0.2) is 42.6 Å². The molecule has 0 spiro atoms. The van der Waals surface area contributed by atoms with Gasteiger partial charge in [-0.25, -0.2) is 0 Å². The number of nitrogens with zero attached hydrogens (tertiary/aromatic N) is 6. The number of carbonyl (C=O) groups excluding carboxylic acids is 2. The van der Waals surface area contributed by atoms with Crippen LogP contribution in [0.3, 0.4) is 0 Å². The standard InChI is InChI=1S/C26H34N6O3/c1-18-15-23(28-31(18)4)26(34)32-13-9-20(10-14-32)24(17-19-7-6-8-21(16-19)35-5)30(3)25(33)22-11-12-29(2)27-22/h6-8,11-12,15-16,20,24H,9-10,13-14,17H2,1-5H3/t24-/m0/s1. The van der Waals surface area contributed by atoms with Gasteiger partial charge in [0.1, 0.15) is 11.4 Å². The molecular weight excluding hydrogens is 444 g/mol. The summed E-state index contributed by atoms with van der Waals surface area (Å²) in [7, 11) is 7.16. The van der Waals surface area contributed by atoms with Gasteiger partial charge in [-0.15, -0.1) is 0 Å². The quantitative estimate of drug-likeness (QED) is 0.521. The van der Waals surface area contributed by atoms with Gasteiger partial charge >= 0.3 is 0 Å². The molecule has 186 valence electrons. The summed E-state index contributed by atoms with van der Waals surface area (Å²) >= 11 is 0. The number of carbonyl (C=O) groups is 2. The van der Waals surface area contributed by atoms with Crippen molar-refractivity contribution < 1.29 is 14.3 Å². The van der Waals surface area contributed by atoms with Crippen LogP contribution in [0.4, 0.5) is 0 Å². The SMILES string of the molecule is COc1cccc(C[C@@H](C2CCN(C(=O)c3cc(C)n(C)n3)CC2)N(C)C(=O)c2ccn(C)n2)c1. The molecule has 0 radical (unpaired) electrons. The molecule has 1 saturated heterocycles. The number of likely N-dealkylation sites (N-methyl/N-ethyl adjacent to an activating group) is 1. The van der Waals surface area contributed by atoms with Crippen LogP contribution in [-0.2, 0) is 20.5 Å². The number of hydrogen-bond donors (Lipinski definition) is 0. The van der Waals surface area contributed by atoms with Gasteiger partial charge in [0.05, 0.1) is 7.11 Å². The van der Waals surface area contributed by atoms with E-state index in [-0.39, 0.29) is 23.8 Å². The molecule has 1 aromatic carbocycles. The van der Waals surface area contributed by atoms with E-state index in [4.69, 9.17) is 4.74 Å². The highest BCUT2D eigenvalue weighted by Crippen LogP contribution is 2.29. The molecular formula is C26H34N6O3. The lowest BCUT2D eigenvalue weighted by Gasteiger charge is -2.40. The molecule has 35 heavy (non-hydrogen) atoms. The third-order valence-corrected chi connectivity index (χ3v) is 7.03. The Labute approximate surface area is 206 Å². The minimum absolute atomic E-state index is 0.0330. The third kappa shape index (κ3) is 5.39. The van der Waals surface area contributed by atoms with E-state index in [2.05, 4.69) is 16.3 Å². The molecule has 1 fully saturated rings. The second-order valence-corrected chi connectivity index (χ2v) is 9.34. The molecule has 0 saturated carbocycles. The average Bonchev–Trinajstić information content (AvgIpc) is 3.46. The zero-order valence-electron chi connectivity index (χ0n) is 21.1. The number of amides is 2. The highest BCUT2D eigenvalue weighted by molar-refractivity contribution is 5.93. The number of likely N-dealkylation sites (tertiary alicyclic amines) is 1.